The van der Waals surface area contributed by atoms with Crippen molar-refractivity contribution in [3.8, 4) is 0 Å². The van der Waals surface area contributed by atoms with Crippen LogP contribution in [0.5, 0.6) is 0 Å². The summed E-state index contributed by atoms with van der Waals surface area (Å²) in [6.07, 6.45) is 0.909. The molecule has 0 aliphatic heterocycles. The highest BCUT2D eigenvalue weighted by Gasteiger charge is 2.16. The van der Waals surface area contributed by atoms with Crippen LogP contribution < -0.4 is 0 Å². The van der Waals surface area contributed by atoms with E-state index in [2.05, 4.69) is 20.8 Å². The number of halogens is 1. The van der Waals surface area contributed by atoms with Gasteiger partial charge in [0.2, 0.25) is 0 Å². The molecule has 21 heavy (non-hydrogen) atoms. The summed E-state index contributed by atoms with van der Waals surface area (Å²) in [5.74, 6) is 0. The van der Waals surface area contributed by atoms with Gasteiger partial charge in [-0.3, -0.25) is 15.0 Å². The first kappa shape index (κ1) is 18.0. The Balaban J connectivity index is 2.77. The number of nitro groups is 1. The molecule has 1 aromatic carbocycles. The molecular formula is C14H21BrN2O4. The van der Waals surface area contributed by atoms with Crippen molar-refractivity contribution < 1.29 is 14.4 Å². The van der Waals surface area contributed by atoms with Crippen LogP contribution in [0.3, 0.4) is 0 Å². The largest absolute Gasteiger partial charge is 0.385 e. The molecule has 0 bridgehead atoms. The van der Waals surface area contributed by atoms with Gasteiger partial charge in [0, 0.05) is 46.5 Å². The summed E-state index contributed by atoms with van der Waals surface area (Å²) in [6.45, 7) is 3.58. The molecule has 0 unspecified atom stereocenters. The Morgan fingerprint density at radius 1 is 1.24 bits per heavy atom. The molecule has 1 rings (SSSR count). The predicted molar refractivity (Wildman–Crippen MR) is 84.4 cm³/mol. The quantitative estimate of drug-likeness (QED) is 0.364. The zero-order chi connectivity index (χ0) is 15.7. The molecule has 0 aliphatic carbocycles. The fourth-order valence-electron chi connectivity index (χ4n) is 1.99. The van der Waals surface area contributed by atoms with Crippen LogP contribution >= 0.6 is 15.9 Å². The summed E-state index contributed by atoms with van der Waals surface area (Å²) in [5.41, 5.74) is 0.994. The van der Waals surface area contributed by atoms with Gasteiger partial charge in [-0.2, -0.15) is 0 Å². The normalized spacial score (nSPS) is 11.0. The summed E-state index contributed by atoms with van der Waals surface area (Å²) in [5, 5.41) is 11.0. The number of hydrogen-bond donors (Lipinski definition) is 0. The molecule has 0 saturated heterocycles. The van der Waals surface area contributed by atoms with Crippen molar-refractivity contribution in [2.75, 3.05) is 40.5 Å². The van der Waals surface area contributed by atoms with Gasteiger partial charge < -0.3 is 9.47 Å². The second-order valence-corrected chi connectivity index (χ2v) is 5.42. The molecule has 0 spiro atoms. The molecule has 0 radical (unpaired) electrons. The molecule has 0 saturated carbocycles. The van der Waals surface area contributed by atoms with Gasteiger partial charge in [-0.25, -0.2) is 0 Å². The molecule has 0 fully saturated rings. The maximum absolute atomic E-state index is 11.0. The van der Waals surface area contributed by atoms with Gasteiger partial charge in [-0.15, -0.1) is 0 Å². The van der Waals surface area contributed by atoms with Gasteiger partial charge in [-0.1, -0.05) is 12.1 Å². The number of methoxy groups -OCH3 is 2. The Hall–Kier alpha value is -1.02. The van der Waals surface area contributed by atoms with Gasteiger partial charge in [0.25, 0.3) is 5.69 Å². The maximum atomic E-state index is 11.0. The van der Waals surface area contributed by atoms with E-state index in [4.69, 9.17) is 9.47 Å². The average Bonchev–Trinajstić information content (AvgIpc) is 2.46. The highest BCUT2D eigenvalue weighted by molar-refractivity contribution is 9.10. The van der Waals surface area contributed by atoms with Crippen LogP contribution in [0.15, 0.2) is 22.7 Å². The van der Waals surface area contributed by atoms with Crippen molar-refractivity contribution in [2.24, 2.45) is 0 Å². The van der Waals surface area contributed by atoms with Crippen LogP contribution in [0.2, 0.25) is 0 Å². The van der Waals surface area contributed by atoms with Crippen LogP contribution in [0, 0.1) is 10.1 Å². The minimum absolute atomic E-state index is 0.0936. The van der Waals surface area contributed by atoms with Crippen LogP contribution in [0.1, 0.15) is 12.0 Å². The summed E-state index contributed by atoms with van der Waals surface area (Å²) in [4.78, 5) is 12.8. The zero-order valence-corrected chi connectivity index (χ0v) is 14.0. The summed E-state index contributed by atoms with van der Waals surface area (Å²) >= 11 is 3.34. The second-order valence-electron chi connectivity index (χ2n) is 4.62. The Bertz CT molecular complexity index is 457. The van der Waals surface area contributed by atoms with Crippen LogP contribution in [-0.4, -0.2) is 50.3 Å². The Labute approximate surface area is 133 Å². The van der Waals surface area contributed by atoms with Crippen molar-refractivity contribution in [1.82, 2.24) is 4.90 Å². The number of nitrogens with zero attached hydrogens (tertiary/aromatic N) is 2. The van der Waals surface area contributed by atoms with E-state index in [9.17, 15) is 10.1 Å². The van der Waals surface area contributed by atoms with Crippen molar-refractivity contribution in [3.63, 3.8) is 0 Å². The summed E-state index contributed by atoms with van der Waals surface area (Å²) in [7, 11) is 3.34. The fourth-order valence-corrected chi connectivity index (χ4v) is 2.53. The van der Waals surface area contributed by atoms with E-state index in [-0.39, 0.29) is 10.6 Å². The summed E-state index contributed by atoms with van der Waals surface area (Å²) in [6, 6.07) is 5.10. The van der Waals surface area contributed by atoms with E-state index in [1.54, 1.807) is 20.3 Å². The lowest BCUT2D eigenvalue weighted by atomic mass is 10.2. The lowest BCUT2D eigenvalue weighted by molar-refractivity contribution is -0.385. The third kappa shape index (κ3) is 6.09. The van der Waals surface area contributed by atoms with E-state index in [0.29, 0.717) is 24.2 Å². The van der Waals surface area contributed by atoms with E-state index < -0.39 is 0 Å². The predicted octanol–water partition coefficient (Wildman–Crippen LogP) is 2.84. The SMILES string of the molecule is COCCCN(CCOC)Cc1cccc([N+](=O)[O-])c1Br. The molecule has 0 aliphatic rings. The third-order valence-electron chi connectivity index (χ3n) is 3.08. The minimum Gasteiger partial charge on any atom is -0.385 e. The number of ether oxygens (including phenoxy) is 2. The first-order valence-electron chi connectivity index (χ1n) is 6.72. The first-order valence-corrected chi connectivity index (χ1v) is 7.51. The van der Waals surface area contributed by atoms with E-state index in [1.165, 1.54) is 6.07 Å². The van der Waals surface area contributed by atoms with Crippen LogP contribution in [0.25, 0.3) is 0 Å². The van der Waals surface area contributed by atoms with Gasteiger partial charge in [0.15, 0.2) is 0 Å². The Morgan fingerprint density at radius 2 is 1.95 bits per heavy atom. The van der Waals surface area contributed by atoms with Crippen molar-refractivity contribution in [2.45, 2.75) is 13.0 Å². The van der Waals surface area contributed by atoms with E-state index in [1.807, 2.05) is 6.07 Å². The molecule has 7 heteroatoms. The number of hydrogen-bond acceptors (Lipinski definition) is 5. The van der Waals surface area contributed by atoms with Gasteiger partial charge >= 0.3 is 0 Å². The molecule has 0 N–H and O–H groups in total. The summed E-state index contributed by atoms with van der Waals surface area (Å²) < 4.78 is 10.7. The Kier molecular flexibility index (Phi) is 8.44. The standard InChI is InChI=1S/C14H21BrN2O4/c1-20-9-4-7-16(8-10-21-2)11-12-5-3-6-13(14(12)15)17(18)19/h3,5-6H,4,7-11H2,1-2H3. The minimum atomic E-state index is -0.377. The highest BCUT2D eigenvalue weighted by atomic mass is 79.9. The van der Waals surface area contributed by atoms with E-state index in [0.717, 1.165) is 25.1 Å². The molecular weight excluding hydrogens is 340 g/mol. The van der Waals surface area contributed by atoms with Gasteiger partial charge in [0.1, 0.15) is 0 Å². The fraction of sp³-hybridized carbons (Fsp3) is 0.571. The van der Waals surface area contributed by atoms with Gasteiger partial charge in [0.05, 0.1) is 16.0 Å². The maximum Gasteiger partial charge on any atom is 0.283 e. The van der Waals surface area contributed by atoms with Gasteiger partial charge in [-0.05, 0) is 27.9 Å². The smallest absolute Gasteiger partial charge is 0.283 e. The molecule has 0 aromatic heterocycles. The third-order valence-corrected chi connectivity index (χ3v) is 4.00. The van der Waals surface area contributed by atoms with Crippen LogP contribution in [-0.2, 0) is 16.0 Å². The van der Waals surface area contributed by atoms with Crippen molar-refractivity contribution in [1.29, 1.82) is 0 Å². The van der Waals surface area contributed by atoms with Crippen molar-refractivity contribution in [3.05, 3.63) is 38.3 Å². The lowest BCUT2D eigenvalue weighted by Crippen LogP contribution is -2.29. The molecule has 0 amide bonds. The van der Waals surface area contributed by atoms with Crippen molar-refractivity contribution >= 4 is 21.6 Å². The second kappa shape index (κ2) is 9.83. The van der Waals surface area contributed by atoms with E-state index >= 15 is 0 Å². The zero-order valence-electron chi connectivity index (χ0n) is 12.4. The molecule has 0 heterocycles. The molecule has 0 atom stereocenters. The number of rotatable bonds is 10. The number of nitro benzene ring substituents is 1. The molecule has 6 nitrogen and oxygen atoms in total. The lowest BCUT2D eigenvalue weighted by Gasteiger charge is -2.22. The van der Waals surface area contributed by atoms with Crippen LogP contribution in [0.4, 0.5) is 5.69 Å². The first-order chi connectivity index (χ1) is 10.1. The topological polar surface area (TPSA) is 64.8 Å². The highest BCUT2D eigenvalue weighted by Crippen LogP contribution is 2.29. The molecule has 1 aromatic rings. The number of benzene rings is 1. The average molecular weight is 361 g/mol. The monoisotopic (exact) mass is 360 g/mol. The Morgan fingerprint density at radius 3 is 2.57 bits per heavy atom. The molecule has 118 valence electrons.